The third-order valence-corrected chi connectivity index (χ3v) is 9.54. The van der Waals surface area contributed by atoms with Crippen LogP contribution in [0.25, 0.3) is 16.9 Å². The highest BCUT2D eigenvalue weighted by Gasteiger charge is 2.41. The minimum atomic E-state index is -4.73. The number of hydrogen-bond acceptors (Lipinski definition) is 9. The first-order valence-corrected chi connectivity index (χ1v) is 16.6. The summed E-state index contributed by atoms with van der Waals surface area (Å²) in [5, 5.41) is 20.9. The Bertz CT molecular complexity index is 2080. The van der Waals surface area contributed by atoms with E-state index < -0.39 is 51.9 Å². The van der Waals surface area contributed by atoms with Crippen molar-refractivity contribution in [2.75, 3.05) is 6.54 Å². The predicted octanol–water partition coefficient (Wildman–Crippen LogP) is 4.59. The lowest BCUT2D eigenvalue weighted by Crippen LogP contribution is -2.47. The quantitative estimate of drug-likeness (QED) is 0.113. The van der Waals surface area contributed by atoms with Gasteiger partial charge in [0.2, 0.25) is 11.5 Å². The zero-order valence-corrected chi connectivity index (χ0v) is 27.2. The van der Waals surface area contributed by atoms with Crippen LogP contribution in [-0.4, -0.2) is 69.6 Å². The van der Waals surface area contributed by atoms with Gasteiger partial charge in [-0.05, 0) is 69.2 Å². The van der Waals surface area contributed by atoms with Crippen LogP contribution in [-0.2, 0) is 25.8 Å². The van der Waals surface area contributed by atoms with Gasteiger partial charge in [0.25, 0.3) is 27.7 Å². The van der Waals surface area contributed by atoms with Crippen molar-refractivity contribution in [1.29, 1.82) is 0 Å². The van der Waals surface area contributed by atoms with Crippen LogP contribution in [0.3, 0.4) is 0 Å². The van der Waals surface area contributed by atoms with E-state index in [1.54, 1.807) is 36.4 Å². The number of hydrogen-bond donors (Lipinski definition) is 1. The molecular formula is C32H28F3N7O7S. The Morgan fingerprint density at radius 1 is 1.04 bits per heavy atom. The van der Waals surface area contributed by atoms with Crippen LogP contribution in [0, 0.1) is 12.1 Å². The number of imide groups is 1. The number of sulfonamides is 1. The number of nitrogens with zero attached hydrogens (tertiary/aromatic N) is 6. The number of hydrazine groups is 1. The summed E-state index contributed by atoms with van der Waals surface area (Å²) in [7, 11) is -4.51. The van der Waals surface area contributed by atoms with Gasteiger partial charge in [-0.1, -0.05) is 42.0 Å². The number of amides is 3. The molecule has 1 N–H and O–H groups in total. The molecule has 0 radical (unpaired) electrons. The Labute approximate surface area is 282 Å². The number of benzene rings is 3. The summed E-state index contributed by atoms with van der Waals surface area (Å²) < 4.78 is 70.0. The highest BCUT2D eigenvalue weighted by Crippen LogP contribution is 2.34. The van der Waals surface area contributed by atoms with E-state index in [1.807, 2.05) is 11.6 Å². The SMILES string of the molecule is Cc1ccc(-c2cc(C(F)(F)F)nn2-c2ccc(S(=O)(=O)NC(=O)[C@@H]3CCCN3/[N+]([O-])=N\OC(C)N3C(=O)c4ccccc4C3=O)cc2)cc1. The van der Waals surface area contributed by atoms with Crippen molar-refractivity contribution in [2.24, 2.45) is 5.28 Å². The van der Waals surface area contributed by atoms with E-state index in [0.29, 0.717) is 12.0 Å². The summed E-state index contributed by atoms with van der Waals surface area (Å²) in [6, 6.07) is 17.2. The molecule has 14 nitrogen and oxygen atoms in total. The number of fused-ring (bicyclic) bond motifs is 1. The van der Waals surface area contributed by atoms with Crippen molar-refractivity contribution >= 4 is 27.7 Å². The Morgan fingerprint density at radius 3 is 2.26 bits per heavy atom. The molecule has 3 aromatic carbocycles. The monoisotopic (exact) mass is 711 g/mol. The molecule has 50 heavy (non-hydrogen) atoms. The van der Waals surface area contributed by atoms with E-state index in [4.69, 9.17) is 4.84 Å². The fraction of sp³-hybridized carbons (Fsp3) is 0.250. The van der Waals surface area contributed by atoms with E-state index in [9.17, 15) is 41.2 Å². The Balaban J connectivity index is 1.15. The Kier molecular flexibility index (Phi) is 8.81. The van der Waals surface area contributed by atoms with Crippen LogP contribution >= 0.6 is 0 Å². The summed E-state index contributed by atoms with van der Waals surface area (Å²) in [4.78, 5) is 44.0. The number of rotatable bonds is 9. The Hall–Kier alpha value is -5.78. The van der Waals surface area contributed by atoms with Gasteiger partial charge in [-0.3, -0.25) is 14.4 Å². The van der Waals surface area contributed by atoms with Gasteiger partial charge in [-0.15, -0.1) is 5.01 Å². The molecular weight excluding hydrogens is 683 g/mol. The zero-order valence-electron chi connectivity index (χ0n) is 26.4. The van der Waals surface area contributed by atoms with Gasteiger partial charge in [-0.25, -0.2) is 22.7 Å². The van der Waals surface area contributed by atoms with Crippen molar-refractivity contribution in [2.45, 2.75) is 50.0 Å². The molecule has 6 rings (SSSR count). The number of alkyl halides is 3. The largest absolute Gasteiger partial charge is 0.569 e. The Morgan fingerprint density at radius 2 is 1.66 bits per heavy atom. The van der Waals surface area contributed by atoms with Crippen LogP contribution in [0.5, 0.6) is 0 Å². The molecule has 18 heteroatoms. The second kappa shape index (κ2) is 12.9. The van der Waals surface area contributed by atoms with Gasteiger partial charge in [0.15, 0.2) is 11.7 Å². The third-order valence-electron chi connectivity index (χ3n) is 8.18. The molecule has 0 aliphatic carbocycles. The molecule has 260 valence electrons. The summed E-state index contributed by atoms with van der Waals surface area (Å²) in [6.45, 7) is 3.17. The predicted molar refractivity (Wildman–Crippen MR) is 167 cm³/mol. The molecule has 2 aliphatic rings. The van der Waals surface area contributed by atoms with Crippen LogP contribution in [0.4, 0.5) is 13.2 Å². The minimum Gasteiger partial charge on any atom is -0.569 e. The number of carbonyl (C=O) groups is 3. The van der Waals surface area contributed by atoms with Gasteiger partial charge in [-0.2, -0.15) is 18.3 Å². The number of halogens is 3. The number of carbonyl (C=O) groups excluding carboxylic acids is 3. The van der Waals surface area contributed by atoms with Gasteiger partial charge in [0.1, 0.15) is 0 Å². The number of aromatic nitrogens is 2. The maximum Gasteiger partial charge on any atom is 0.435 e. The molecule has 2 atom stereocenters. The van der Waals surface area contributed by atoms with Crippen LogP contribution in [0.2, 0.25) is 0 Å². The summed E-state index contributed by atoms with van der Waals surface area (Å²) in [5.41, 5.74) is 0.797. The topological polar surface area (TPSA) is 169 Å². The highest BCUT2D eigenvalue weighted by atomic mass is 32.2. The smallest absolute Gasteiger partial charge is 0.435 e. The third kappa shape index (κ3) is 6.48. The van der Waals surface area contributed by atoms with E-state index in [2.05, 4.69) is 10.4 Å². The van der Waals surface area contributed by atoms with Gasteiger partial charge in [0, 0.05) is 5.56 Å². The second-order valence-electron chi connectivity index (χ2n) is 11.5. The van der Waals surface area contributed by atoms with Crippen LogP contribution in [0.15, 0.2) is 89.0 Å². The first kappa shape index (κ1) is 34.1. The van der Waals surface area contributed by atoms with Crippen LogP contribution in [0.1, 0.15) is 51.7 Å². The molecule has 1 saturated heterocycles. The lowest BCUT2D eigenvalue weighted by molar-refractivity contribution is -0.713. The molecule has 3 amide bonds. The standard InChI is InChI=1S/C32H28F3N7O7S/c1-19-9-11-21(12-10-19)27-18-28(32(33,34)35)36-41(27)22-13-15-23(16-14-22)50(47,48)37-29(43)26-8-5-17-39(26)42(46)38-49-20(2)40-30(44)24-6-3-4-7-25(24)31(40)45/h3-4,6-7,9-16,18,20,26H,5,8,17H2,1-2H3,(H,37,43)/b42-38+/t20?,26-/m0/s1. The molecule has 3 heterocycles. The van der Waals surface area contributed by atoms with Crippen molar-refractivity contribution in [3.8, 4) is 16.9 Å². The van der Waals surface area contributed by atoms with E-state index in [1.165, 1.54) is 31.2 Å². The van der Waals surface area contributed by atoms with Gasteiger partial charge in [0.05, 0.1) is 38.9 Å². The molecule has 0 bridgehead atoms. The number of nitrogens with one attached hydrogen (secondary N) is 1. The summed E-state index contributed by atoms with van der Waals surface area (Å²) in [5.74, 6) is -2.31. The van der Waals surface area contributed by atoms with E-state index >= 15 is 0 Å². The normalized spacial score (nSPS) is 17.2. The molecule has 1 aromatic heterocycles. The van der Waals surface area contributed by atoms with Gasteiger partial charge >= 0.3 is 6.18 Å². The summed E-state index contributed by atoms with van der Waals surface area (Å²) in [6.07, 6.45) is -5.61. The molecule has 1 fully saturated rings. The zero-order chi connectivity index (χ0) is 36.0. The van der Waals surface area contributed by atoms with E-state index in [0.717, 1.165) is 38.4 Å². The van der Waals surface area contributed by atoms with Crippen molar-refractivity contribution in [1.82, 2.24) is 24.4 Å². The first-order chi connectivity index (χ1) is 23.7. The van der Waals surface area contributed by atoms with Crippen molar-refractivity contribution in [3.05, 3.63) is 106 Å². The fourth-order valence-corrected chi connectivity index (χ4v) is 6.65. The van der Waals surface area contributed by atoms with Gasteiger partial charge < -0.3 is 10.0 Å². The lowest BCUT2D eigenvalue weighted by atomic mass is 10.1. The molecule has 4 aromatic rings. The molecule has 1 unspecified atom stereocenters. The lowest BCUT2D eigenvalue weighted by Gasteiger charge is -2.21. The average molecular weight is 712 g/mol. The average Bonchev–Trinajstić information content (AvgIpc) is 3.81. The second-order valence-corrected chi connectivity index (χ2v) is 13.2. The molecule has 0 spiro atoms. The van der Waals surface area contributed by atoms with E-state index in [-0.39, 0.29) is 45.3 Å². The molecule has 0 saturated carbocycles. The van der Waals surface area contributed by atoms with Crippen molar-refractivity contribution < 1.29 is 45.8 Å². The maximum absolute atomic E-state index is 13.6. The molecule has 2 aliphatic heterocycles. The van der Waals surface area contributed by atoms with Crippen molar-refractivity contribution in [3.63, 3.8) is 0 Å². The highest BCUT2D eigenvalue weighted by molar-refractivity contribution is 7.90. The maximum atomic E-state index is 13.6. The summed E-state index contributed by atoms with van der Waals surface area (Å²) >= 11 is 0. The van der Waals surface area contributed by atoms with Crippen LogP contribution < -0.4 is 4.72 Å². The fourth-order valence-electron chi connectivity index (χ4n) is 5.64. The number of aryl methyl sites for hydroxylation is 1. The first-order valence-electron chi connectivity index (χ1n) is 15.1. The minimum absolute atomic E-state index is 0.0116.